The highest BCUT2D eigenvalue weighted by atomic mass is 16.6. The number of nitrogens with one attached hydrogen (secondary N) is 2. The van der Waals surface area contributed by atoms with Crippen molar-refractivity contribution in [2.24, 2.45) is 11.8 Å². The molecule has 0 saturated heterocycles. The van der Waals surface area contributed by atoms with E-state index in [4.69, 9.17) is 0 Å². The first-order valence-electron chi connectivity index (χ1n) is 9.45. The molecule has 3 rings (SSSR count). The molecule has 7 heteroatoms. The summed E-state index contributed by atoms with van der Waals surface area (Å²) in [5.41, 5.74) is 2.29. The lowest BCUT2D eigenvalue weighted by molar-refractivity contribution is -0.136. The van der Waals surface area contributed by atoms with Crippen LogP contribution in [0.5, 0.6) is 0 Å². The van der Waals surface area contributed by atoms with E-state index in [9.17, 15) is 9.59 Å². The topological polar surface area (TPSA) is 97.1 Å². The lowest BCUT2D eigenvalue weighted by Crippen LogP contribution is -2.43. The number of hydrogen-bond donors (Lipinski definition) is 2. The van der Waals surface area contributed by atoms with Crippen molar-refractivity contribution >= 4 is 22.8 Å². The summed E-state index contributed by atoms with van der Waals surface area (Å²) in [5.74, 6) is -0.488. The standard InChI is InChI=1S/C19H26N4O3/c1-2-3-10-20-18(24)14-6-4-5-7-15(14)19(25)21-12-13-8-9-16-17(11-13)23-26-22-16/h8-9,11,14-15H,2-7,10,12H2,1H3,(H,20,24)(H,21,25)/t14-,15+/m1/s1. The molecule has 2 N–H and O–H groups in total. The van der Waals surface area contributed by atoms with Gasteiger partial charge >= 0.3 is 0 Å². The first-order valence-corrected chi connectivity index (χ1v) is 9.45. The van der Waals surface area contributed by atoms with Crippen LogP contribution >= 0.6 is 0 Å². The average Bonchev–Trinajstić information content (AvgIpc) is 3.14. The minimum Gasteiger partial charge on any atom is -0.356 e. The molecule has 0 bridgehead atoms. The summed E-state index contributed by atoms with van der Waals surface area (Å²) >= 11 is 0. The van der Waals surface area contributed by atoms with Crippen molar-refractivity contribution in [3.05, 3.63) is 23.8 Å². The minimum atomic E-state index is -0.247. The number of benzene rings is 1. The summed E-state index contributed by atoms with van der Waals surface area (Å²) < 4.78 is 4.69. The number of carbonyl (C=O) groups excluding carboxylic acids is 2. The first kappa shape index (κ1) is 18.4. The molecular formula is C19H26N4O3. The molecule has 1 aromatic heterocycles. The molecule has 1 fully saturated rings. The van der Waals surface area contributed by atoms with E-state index in [0.29, 0.717) is 24.1 Å². The van der Waals surface area contributed by atoms with Crippen LogP contribution < -0.4 is 10.6 Å². The molecule has 140 valence electrons. The largest absolute Gasteiger partial charge is 0.356 e. The first-order chi connectivity index (χ1) is 12.7. The molecule has 1 aromatic carbocycles. The van der Waals surface area contributed by atoms with Gasteiger partial charge in [-0.2, -0.15) is 0 Å². The van der Waals surface area contributed by atoms with Gasteiger partial charge < -0.3 is 10.6 Å². The SMILES string of the molecule is CCCCNC(=O)[C@@H]1CCCC[C@@H]1C(=O)NCc1ccc2nonc2c1. The van der Waals surface area contributed by atoms with E-state index in [1.165, 1.54) is 0 Å². The molecule has 2 aromatic rings. The molecule has 2 atom stereocenters. The zero-order valence-electron chi connectivity index (χ0n) is 15.2. The Morgan fingerprint density at radius 3 is 2.50 bits per heavy atom. The van der Waals surface area contributed by atoms with Gasteiger partial charge in [0.1, 0.15) is 11.0 Å². The number of carbonyl (C=O) groups is 2. The van der Waals surface area contributed by atoms with Gasteiger partial charge in [0.05, 0.1) is 0 Å². The quantitative estimate of drug-likeness (QED) is 0.742. The highest BCUT2D eigenvalue weighted by molar-refractivity contribution is 5.88. The van der Waals surface area contributed by atoms with E-state index in [2.05, 4.69) is 32.5 Å². The van der Waals surface area contributed by atoms with Gasteiger partial charge in [0.15, 0.2) is 0 Å². The van der Waals surface area contributed by atoms with Gasteiger partial charge in [0.25, 0.3) is 0 Å². The summed E-state index contributed by atoms with van der Waals surface area (Å²) in [6.07, 6.45) is 5.56. The van der Waals surface area contributed by atoms with Crippen molar-refractivity contribution in [3.63, 3.8) is 0 Å². The Labute approximate surface area is 152 Å². The number of amides is 2. The highest BCUT2D eigenvalue weighted by Gasteiger charge is 2.35. The second-order valence-electron chi connectivity index (χ2n) is 6.95. The van der Waals surface area contributed by atoms with Crippen LogP contribution in [0.1, 0.15) is 51.0 Å². The third kappa shape index (κ3) is 4.39. The Kier molecular flexibility index (Phi) is 6.20. The van der Waals surface area contributed by atoms with Crippen LogP contribution in [0.4, 0.5) is 0 Å². The third-order valence-corrected chi connectivity index (χ3v) is 5.05. The van der Waals surface area contributed by atoms with Crippen LogP contribution in [-0.4, -0.2) is 28.7 Å². The summed E-state index contributed by atoms with van der Waals surface area (Å²) in [7, 11) is 0. The molecule has 26 heavy (non-hydrogen) atoms. The van der Waals surface area contributed by atoms with Crippen molar-refractivity contribution < 1.29 is 14.2 Å². The maximum atomic E-state index is 12.7. The van der Waals surface area contributed by atoms with Crippen LogP contribution in [0.25, 0.3) is 11.0 Å². The van der Waals surface area contributed by atoms with Gasteiger partial charge in [-0.25, -0.2) is 4.63 Å². The zero-order chi connectivity index (χ0) is 18.4. The smallest absolute Gasteiger partial charge is 0.224 e. The molecule has 1 aliphatic carbocycles. The molecule has 0 aliphatic heterocycles. The van der Waals surface area contributed by atoms with Crippen molar-refractivity contribution in [2.45, 2.75) is 52.0 Å². The van der Waals surface area contributed by atoms with Gasteiger partial charge in [-0.15, -0.1) is 0 Å². The van der Waals surface area contributed by atoms with Crippen molar-refractivity contribution in [1.29, 1.82) is 0 Å². The fraction of sp³-hybridized carbons (Fsp3) is 0.579. The Bertz CT molecular complexity index is 758. The molecule has 0 radical (unpaired) electrons. The van der Waals surface area contributed by atoms with E-state index >= 15 is 0 Å². The summed E-state index contributed by atoms with van der Waals surface area (Å²) in [5, 5.41) is 13.6. The minimum absolute atomic E-state index is 0.0217. The number of unbranched alkanes of at least 4 members (excludes halogenated alkanes) is 1. The predicted molar refractivity (Wildman–Crippen MR) is 97.0 cm³/mol. The van der Waals surface area contributed by atoms with E-state index in [-0.39, 0.29) is 23.7 Å². The molecule has 7 nitrogen and oxygen atoms in total. The van der Waals surface area contributed by atoms with Crippen LogP contribution in [-0.2, 0) is 16.1 Å². The van der Waals surface area contributed by atoms with Gasteiger partial charge in [-0.1, -0.05) is 32.3 Å². The Hall–Kier alpha value is -2.44. The maximum absolute atomic E-state index is 12.7. The van der Waals surface area contributed by atoms with Crippen LogP contribution in [0.2, 0.25) is 0 Å². The van der Waals surface area contributed by atoms with E-state index in [1.54, 1.807) is 0 Å². The molecule has 1 saturated carbocycles. The number of nitrogens with zero attached hydrogens (tertiary/aromatic N) is 2. The highest BCUT2D eigenvalue weighted by Crippen LogP contribution is 2.30. The fourth-order valence-electron chi connectivity index (χ4n) is 3.54. The van der Waals surface area contributed by atoms with Crippen molar-refractivity contribution in [2.75, 3.05) is 6.54 Å². The van der Waals surface area contributed by atoms with Crippen LogP contribution in [0, 0.1) is 11.8 Å². The van der Waals surface area contributed by atoms with Crippen LogP contribution in [0.3, 0.4) is 0 Å². The Morgan fingerprint density at radius 1 is 1.08 bits per heavy atom. The Morgan fingerprint density at radius 2 is 1.77 bits per heavy atom. The second-order valence-corrected chi connectivity index (χ2v) is 6.95. The lowest BCUT2D eigenvalue weighted by Gasteiger charge is -2.29. The maximum Gasteiger partial charge on any atom is 0.224 e. The molecule has 0 spiro atoms. The zero-order valence-corrected chi connectivity index (χ0v) is 15.2. The average molecular weight is 358 g/mol. The summed E-state index contributed by atoms with van der Waals surface area (Å²) in [6, 6.07) is 5.56. The van der Waals surface area contributed by atoms with Crippen molar-refractivity contribution in [3.8, 4) is 0 Å². The van der Waals surface area contributed by atoms with E-state index < -0.39 is 0 Å². The molecule has 1 aliphatic rings. The predicted octanol–water partition coefficient (Wildman–Crippen LogP) is 2.56. The van der Waals surface area contributed by atoms with Gasteiger partial charge in [0.2, 0.25) is 11.8 Å². The Balaban J connectivity index is 1.58. The second kappa shape index (κ2) is 8.78. The molecule has 1 heterocycles. The van der Waals surface area contributed by atoms with E-state index in [1.807, 2.05) is 18.2 Å². The van der Waals surface area contributed by atoms with Crippen molar-refractivity contribution in [1.82, 2.24) is 20.9 Å². The molecule has 0 unspecified atom stereocenters. The summed E-state index contributed by atoms with van der Waals surface area (Å²) in [6.45, 7) is 3.18. The number of rotatable bonds is 7. The van der Waals surface area contributed by atoms with Gasteiger partial charge in [0, 0.05) is 24.9 Å². The van der Waals surface area contributed by atoms with Crippen LogP contribution in [0.15, 0.2) is 22.8 Å². The fourth-order valence-corrected chi connectivity index (χ4v) is 3.54. The summed E-state index contributed by atoms with van der Waals surface area (Å²) in [4.78, 5) is 25.2. The number of hydrogen-bond acceptors (Lipinski definition) is 5. The van der Waals surface area contributed by atoms with E-state index in [0.717, 1.165) is 44.1 Å². The third-order valence-electron chi connectivity index (χ3n) is 5.05. The van der Waals surface area contributed by atoms with Gasteiger partial charge in [-0.05, 0) is 47.3 Å². The lowest BCUT2D eigenvalue weighted by atomic mass is 9.78. The number of fused-ring (bicyclic) bond motifs is 1. The number of aromatic nitrogens is 2. The van der Waals surface area contributed by atoms with Gasteiger partial charge in [-0.3, -0.25) is 9.59 Å². The monoisotopic (exact) mass is 358 g/mol. The molecule has 2 amide bonds. The molecular weight excluding hydrogens is 332 g/mol. The normalized spacial score (nSPS) is 20.0.